The summed E-state index contributed by atoms with van der Waals surface area (Å²) in [5, 5.41) is 0.119. The van der Waals surface area contributed by atoms with Gasteiger partial charge in [0.15, 0.2) is 0 Å². The number of halogens is 12. The van der Waals surface area contributed by atoms with Crippen LogP contribution in [-0.4, -0.2) is 21.8 Å². The number of fused-ring (bicyclic) bond motifs is 3. The highest BCUT2D eigenvalue weighted by molar-refractivity contribution is 6.18. The van der Waals surface area contributed by atoms with Gasteiger partial charge in [0.1, 0.15) is 0 Å². The zero-order chi connectivity index (χ0) is 52.1. The zero-order valence-corrected chi connectivity index (χ0v) is 37.6. The quantitative estimate of drug-likeness (QED) is 0.0778. The first kappa shape index (κ1) is 50.3. The summed E-state index contributed by atoms with van der Waals surface area (Å²) < 4.78 is 175. The summed E-state index contributed by atoms with van der Waals surface area (Å²) >= 11 is 0. The van der Waals surface area contributed by atoms with Gasteiger partial charge in [-0.05, 0) is 84.1 Å². The third-order valence-corrected chi connectivity index (χ3v) is 12.1. The lowest BCUT2D eigenvalue weighted by atomic mass is 9.93. The molecule has 0 saturated heterocycles. The summed E-state index contributed by atoms with van der Waals surface area (Å²) in [4.78, 5) is 30.3. The molecule has 4 nitrogen and oxygen atoms in total. The van der Waals surface area contributed by atoms with Gasteiger partial charge >= 0.3 is 24.7 Å². The van der Waals surface area contributed by atoms with E-state index < -0.39 is 64.0 Å². The van der Waals surface area contributed by atoms with Crippen LogP contribution < -0.4 is 0 Å². The molecule has 8 rings (SSSR count). The van der Waals surface area contributed by atoms with Crippen LogP contribution in [0.5, 0.6) is 0 Å². The third kappa shape index (κ3) is 9.43. The predicted molar refractivity (Wildman–Crippen MR) is 252 cm³/mol. The van der Waals surface area contributed by atoms with E-state index >= 15 is 4.79 Å². The highest BCUT2D eigenvalue weighted by Gasteiger charge is 2.40. The van der Waals surface area contributed by atoms with Gasteiger partial charge in [-0.2, -0.15) is 52.7 Å². The van der Waals surface area contributed by atoms with Gasteiger partial charge in [0, 0.05) is 33.0 Å². The molecule has 1 heterocycles. The van der Waals surface area contributed by atoms with Gasteiger partial charge in [0.25, 0.3) is 5.91 Å². The van der Waals surface area contributed by atoms with Crippen LogP contribution in [0.2, 0.25) is 0 Å². The van der Waals surface area contributed by atoms with E-state index in [1.54, 1.807) is 73.7 Å². The van der Waals surface area contributed by atoms with Crippen LogP contribution in [-0.2, 0) is 29.5 Å². The van der Waals surface area contributed by atoms with Gasteiger partial charge < -0.3 is 4.57 Å². The molecule has 1 aromatic heterocycles. The molecule has 72 heavy (non-hydrogen) atoms. The Kier molecular flexibility index (Phi) is 13.2. The van der Waals surface area contributed by atoms with E-state index in [4.69, 9.17) is 0 Å². The Morgan fingerprint density at radius 3 is 1.35 bits per heavy atom. The van der Waals surface area contributed by atoms with E-state index in [2.05, 4.69) is 6.58 Å². The second-order valence-electron chi connectivity index (χ2n) is 16.5. The largest absolute Gasteiger partial charge is 0.416 e. The molecular weight excluding hydrogens is 961 g/mol. The Hall–Kier alpha value is -8.14. The number of rotatable bonds is 10. The average molecular weight is 997 g/mol. The summed E-state index contributed by atoms with van der Waals surface area (Å²) in [6, 6.07) is 31.1. The van der Waals surface area contributed by atoms with Crippen molar-refractivity contribution in [3.63, 3.8) is 0 Å². The Labute approximate surface area is 403 Å². The van der Waals surface area contributed by atoms with Gasteiger partial charge in [0.05, 0.1) is 50.2 Å². The zero-order valence-electron chi connectivity index (χ0n) is 37.6. The molecule has 366 valence electrons. The fourth-order valence-electron chi connectivity index (χ4n) is 8.91. The molecule has 0 aliphatic heterocycles. The maximum Gasteiger partial charge on any atom is 0.416 e. The number of para-hydroxylation sites is 2. The number of aryl methyl sites for hydroxylation is 1. The lowest BCUT2D eigenvalue weighted by Gasteiger charge is -2.27. The number of nitrogens with zero attached hydrogens (tertiary/aromatic N) is 2. The molecule has 8 aromatic rings. The average Bonchev–Trinajstić information content (AvgIpc) is 3.68. The first-order chi connectivity index (χ1) is 34.0. The monoisotopic (exact) mass is 996 g/mol. The number of allylic oxidation sites excluding steroid dienone is 4. The first-order valence-corrected chi connectivity index (χ1v) is 21.7. The van der Waals surface area contributed by atoms with E-state index in [-0.39, 0.29) is 74.0 Å². The van der Waals surface area contributed by atoms with E-state index in [0.29, 0.717) is 46.5 Å². The summed E-state index contributed by atoms with van der Waals surface area (Å²) in [5.41, 5.74) is -7.63. The fourth-order valence-corrected chi connectivity index (χ4v) is 8.91. The minimum absolute atomic E-state index is 0.0231. The van der Waals surface area contributed by atoms with Crippen LogP contribution in [0.1, 0.15) is 56.2 Å². The van der Waals surface area contributed by atoms with Crippen LogP contribution in [0.25, 0.3) is 60.9 Å². The Morgan fingerprint density at radius 1 is 0.542 bits per heavy atom. The van der Waals surface area contributed by atoms with Crippen LogP contribution in [0, 0.1) is 6.92 Å². The summed E-state index contributed by atoms with van der Waals surface area (Å²) in [7, 11) is 0. The van der Waals surface area contributed by atoms with Crippen molar-refractivity contribution < 1.29 is 62.3 Å². The molecule has 0 radical (unpaired) electrons. The molecule has 0 fully saturated rings. The van der Waals surface area contributed by atoms with E-state index in [1.807, 2.05) is 0 Å². The predicted octanol–water partition coefficient (Wildman–Crippen LogP) is 16.8. The van der Waals surface area contributed by atoms with Gasteiger partial charge in [-0.15, -0.1) is 0 Å². The molecule has 0 bridgehead atoms. The number of hydrogen-bond donors (Lipinski definition) is 0. The summed E-state index contributed by atoms with van der Waals surface area (Å²) in [6.45, 7) is 7.14. The minimum Gasteiger partial charge on any atom is -0.307 e. The van der Waals surface area contributed by atoms with Crippen molar-refractivity contribution in [1.82, 2.24) is 9.47 Å². The second-order valence-corrected chi connectivity index (χ2v) is 16.5. The maximum absolute atomic E-state index is 15.7. The Balaban J connectivity index is 1.54. The number of alkyl halides is 12. The molecule has 0 aliphatic rings. The van der Waals surface area contributed by atoms with Crippen molar-refractivity contribution in [3.05, 3.63) is 221 Å². The molecular formula is C56H36F12N2O2. The van der Waals surface area contributed by atoms with Gasteiger partial charge in [-0.3, -0.25) is 9.59 Å². The van der Waals surface area contributed by atoms with Gasteiger partial charge in [-0.1, -0.05) is 128 Å². The number of benzene rings is 7. The Morgan fingerprint density at radius 2 is 0.958 bits per heavy atom. The fraction of sp³-hybridized carbons (Fsp3) is 0.107. The third-order valence-electron chi connectivity index (χ3n) is 12.1. The number of hydrogen-bond acceptors (Lipinski definition) is 2. The summed E-state index contributed by atoms with van der Waals surface area (Å²) in [6.07, 6.45) is -17.9. The van der Waals surface area contributed by atoms with Crippen molar-refractivity contribution in [2.75, 3.05) is 0 Å². The SMILES string of the molecule is C=C/C(=C(\C(=C/C)c1ccccc1)N(C=O)C(=O)c1c(C)cccc1-n1c2c(-c3cc(C(F)(F)F)cc(C(F)(F)F)c3)cccc2c2cccc(-c3cc(C(F)(F)F)cc(C(F)(F)F)c3)c21)c1ccccc1. The normalized spacial score (nSPS) is 13.1. The molecule has 2 amide bonds. The molecule has 0 spiro atoms. The smallest absolute Gasteiger partial charge is 0.307 e. The lowest BCUT2D eigenvalue weighted by Crippen LogP contribution is -2.32. The topological polar surface area (TPSA) is 42.3 Å². The highest BCUT2D eigenvalue weighted by atomic mass is 19.4. The van der Waals surface area contributed by atoms with Crippen LogP contribution in [0.3, 0.4) is 0 Å². The number of aromatic nitrogens is 1. The lowest BCUT2D eigenvalue weighted by molar-refractivity contribution is -0.144. The number of amides is 2. The first-order valence-electron chi connectivity index (χ1n) is 21.7. The maximum atomic E-state index is 15.7. The molecule has 0 atom stereocenters. The van der Waals surface area contributed by atoms with Crippen molar-refractivity contribution in [3.8, 4) is 27.9 Å². The van der Waals surface area contributed by atoms with Crippen LogP contribution in [0.4, 0.5) is 52.7 Å². The van der Waals surface area contributed by atoms with Crippen molar-refractivity contribution in [1.29, 1.82) is 0 Å². The van der Waals surface area contributed by atoms with E-state index in [9.17, 15) is 57.5 Å². The van der Waals surface area contributed by atoms with E-state index in [0.717, 1.165) is 4.90 Å². The number of carbonyl (C=O) groups is 2. The second kappa shape index (κ2) is 18.9. The molecule has 16 heteroatoms. The van der Waals surface area contributed by atoms with Gasteiger partial charge in [-0.25, -0.2) is 4.90 Å². The standard InChI is InChI=1S/C56H36F12N2O2/c1-4-41(33-16-8-6-9-17-33)49(42(5-2)34-18-10-7-11-19-34)69(31-71)52(72)48-32(3)15-12-24-47(48)70-50-43(35-25-37(53(57,58)59)29-38(26-35)54(60,61)62)20-13-22-45(50)46-23-14-21-44(51(46)70)36-27-39(55(63,64)65)30-40(28-36)56(66,67)68/h4-31H,1H2,2-3H3/b42-5-,49-41-. The van der Waals surface area contributed by atoms with Crippen LogP contribution >= 0.6 is 0 Å². The summed E-state index contributed by atoms with van der Waals surface area (Å²) in [5.74, 6) is -1.04. The number of carbonyl (C=O) groups excluding carboxylic acids is 2. The molecule has 0 N–H and O–H groups in total. The van der Waals surface area contributed by atoms with Crippen molar-refractivity contribution in [2.24, 2.45) is 0 Å². The molecule has 0 unspecified atom stereocenters. The minimum atomic E-state index is -5.31. The van der Waals surface area contributed by atoms with Crippen molar-refractivity contribution >= 4 is 45.3 Å². The Bertz CT molecular complexity index is 3290. The molecule has 0 saturated carbocycles. The van der Waals surface area contributed by atoms with Gasteiger partial charge in [0.2, 0.25) is 6.41 Å². The van der Waals surface area contributed by atoms with E-state index in [1.165, 1.54) is 72.2 Å². The highest BCUT2D eigenvalue weighted by Crippen LogP contribution is 2.47. The number of imide groups is 1. The molecule has 0 aliphatic carbocycles. The van der Waals surface area contributed by atoms with Crippen molar-refractivity contribution in [2.45, 2.75) is 38.6 Å². The van der Waals surface area contributed by atoms with Crippen LogP contribution in [0.15, 0.2) is 176 Å². The molecule has 7 aromatic carbocycles.